The van der Waals surface area contributed by atoms with Gasteiger partial charge in [0.2, 0.25) is 5.88 Å². The van der Waals surface area contributed by atoms with Gasteiger partial charge in [-0.15, -0.1) is 5.10 Å². The van der Waals surface area contributed by atoms with Crippen LogP contribution in [-0.4, -0.2) is 21.8 Å². The van der Waals surface area contributed by atoms with E-state index in [-0.39, 0.29) is 5.54 Å². The number of nitrogens with zero attached hydrogens (tertiary/aromatic N) is 2. The van der Waals surface area contributed by atoms with Crippen molar-refractivity contribution in [2.75, 3.05) is 0 Å². The second-order valence-electron chi connectivity index (χ2n) is 5.99. The van der Waals surface area contributed by atoms with Crippen molar-refractivity contribution >= 4 is 0 Å². The van der Waals surface area contributed by atoms with Crippen molar-refractivity contribution in [3.63, 3.8) is 0 Å². The Morgan fingerprint density at radius 1 is 1.22 bits per heavy atom. The third-order valence-corrected chi connectivity index (χ3v) is 3.08. The lowest BCUT2D eigenvalue weighted by Gasteiger charge is -2.20. The van der Waals surface area contributed by atoms with Crippen LogP contribution in [0.1, 0.15) is 52.1 Å². The number of hydrogen-bond donors (Lipinski definition) is 1. The van der Waals surface area contributed by atoms with Crippen LogP contribution in [0.15, 0.2) is 12.1 Å². The third-order valence-electron chi connectivity index (χ3n) is 3.08. The molecule has 0 unspecified atom stereocenters. The van der Waals surface area contributed by atoms with Gasteiger partial charge in [0.25, 0.3) is 0 Å². The largest absolute Gasteiger partial charge is 0.473 e. The van der Waals surface area contributed by atoms with E-state index < -0.39 is 0 Å². The number of hydrogen-bond acceptors (Lipinski definition) is 4. The zero-order valence-corrected chi connectivity index (χ0v) is 11.6. The van der Waals surface area contributed by atoms with Crippen LogP contribution in [-0.2, 0) is 6.54 Å². The minimum absolute atomic E-state index is 0.0979. The average Bonchev–Trinajstić information content (AvgIpc) is 2.80. The minimum Gasteiger partial charge on any atom is -0.473 e. The van der Waals surface area contributed by atoms with Crippen molar-refractivity contribution in [3.05, 3.63) is 17.8 Å². The Morgan fingerprint density at radius 3 is 2.50 bits per heavy atom. The molecule has 0 amide bonds. The van der Waals surface area contributed by atoms with Crippen molar-refractivity contribution in [1.82, 2.24) is 15.5 Å². The molecule has 0 spiro atoms. The molecule has 0 aliphatic heterocycles. The summed E-state index contributed by atoms with van der Waals surface area (Å²) in [6.45, 7) is 7.15. The smallest absolute Gasteiger partial charge is 0.233 e. The maximum absolute atomic E-state index is 5.78. The van der Waals surface area contributed by atoms with E-state index in [4.69, 9.17) is 4.74 Å². The zero-order chi connectivity index (χ0) is 13.0. The van der Waals surface area contributed by atoms with Gasteiger partial charge in [0.1, 0.15) is 6.10 Å². The molecule has 0 aromatic carbocycles. The van der Waals surface area contributed by atoms with Crippen molar-refractivity contribution in [3.8, 4) is 5.88 Å². The molecule has 1 fully saturated rings. The highest BCUT2D eigenvalue weighted by molar-refractivity contribution is 5.12. The van der Waals surface area contributed by atoms with Crippen molar-refractivity contribution in [2.24, 2.45) is 0 Å². The van der Waals surface area contributed by atoms with E-state index in [0.29, 0.717) is 12.0 Å². The van der Waals surface area contributed by atoms with Gasteiger partial charge in [0.05, 0.1) is 5.69 Å². The molecular formula is C14H23N3O. The first-order valence-corrected chi connectivity index (χ1v) is 6.77. The van der Waals surface area contributed by atoms with Gasteiger partial charge in [-0.2, -0.15) is 5.10 Å². The molecule has 1 heterocycles. The molecule has 0 atom stereocenters. The van der Waals surface area contributed by atoms with Crippen LogP contribution in [0.4, 0.5) is 0 Å². The summed E-state index contributed by atoms with van der Waals surface area (Å²) in [6, 6.07) is 3.90. The summed E-state index contributed by atoms with van der Waals surface area (Å²) >= 11 is 0. The highest BCUT2D eigenvalue weighted by Crippen LogP contribution is 2.22. The van der Waals surface area contributed by atoms with Crippen LogP contribution in [0.25, 0.3) is 0 Å². The molecule has 100 valence electrons. The van der Waals surface area contributed by atoms with Gasteiger partial charge in [-0.05, 0) is 52.5 Å². The summed E-state index contributed by atoms with van der Waals surface area (Å²) in [4.78, 5) is 0. The van der Waals surface area contributed by atoms with Gasteiger partial charge in [0.15, 0.2) is 0 Å². The fraction of sp³-hybridized carbons (Fsp3) is 0.714. The third kappa shape index (κ3) is 4.26. The lowest BCUT2D eigenvalue weighted by molar-refractivity contribution is 0.199. The fourth-order valence-corrected chi connectivity index (χ4v) is 2.04. The standard InChI is InChI=1S/C14H23N3O/c1-14(2,3)15-10-11-8-9-13(17-16-11)18-12-6-4-5-7-12/h8-9,12,15H,4-7,10H2,1-3H3. The maximum atomic E-state index is 5.78. The molecule has 18 heavy (non-hydrogen) atoms. The van der Waals surface area contributed by atoms with Crippen molar-refractivity contribution in [2.45, 2.75) is 64.6 Å². The Morgan fingerprint density at radius 2 is 1.94 bits per heavy atom. The minimum atomic E-state index is 0.0979. The number of aromatic nitrogens is 2. The average molecular weight is 249 g/mol. The molecule has 4 nitrogen and oxygen atoms in total. The Hall–Kier alpha value is -1.16. The van der Waals surface area contributed by atoms with E-state index in [1.807, 2.05) is 12.1 Å². The molecule has 1 aliphatic rings. The fourth-order valence-electron chi connectivity index (χ4n) is 2.04. The molecular weight excluding hydrogens is 226 g/mol. The summed E-state index contributed by atoms with van der Waals surface area (Å²) in [5, 5.41) is 11.7. The number of nitrogens with one attached hydrogen (secondary N) is 1. The van der Waals surface area contributed by atoms with Gasteiger partial charge >= 0.3 is 0 Å². The SMILES string of the molecule is CC(C)(C)NCc1ccc(OC2CCCC2)nn1. The summed E-state index contributed by atoms with van der Waals surface area (Å²) in [6.07, 6.45) is 5.18. The summed E-state index contributed by atoms with van der Waals surface area (Å²) < 4.78 is 5.78. The molecule has 1 aromatic heterocycles. The van der Waals surface area contributed by atoms with Gasteiger partial charge in [-0.1, -0.05) is 0 Å². The number of rotatable bonds is 4. The molecule has 0 radical (unpaired) electrons. The lowest BCUT2D eigenvalue weighted by atomic mass is 10.1. The van der Waals surface area contributed by atoms with E-state index in [9.17, 15) is 0 Å². The summed E-state index contributed by atoms with van der Waals surface area (Å²) in [5.41, 5.74) is 1.05. The summed E-state index contributed by atoms with van der Waals surface area (Å²) in [5.74, 6) is 0.654. The molecule has 0 saturated heterocycles. The van der Waals surface area contributed by atoms with E-state index in [0.717, 1.165) is 25.1 Å². The topological polar surface area (TPSA) is 47.0 Å². The van der Waals surface area contributed by atoms with Gasteiger partial charge in [-0.25, -0.2) is 0 Å². The molecule has 1 aromatic rings. The highest BCUT2D eigenvalue weighted by Gasteiger charge is 2.17. The Labute approximate surface area is 109 Å². The molecule has 0 bridgehead atoms. The Balaban J connectivity index is 1.85. The first-order valence-electron chi connectivity index (χ1n) is 6.77. The van der Waals surface area contributed by atoms with Gasteiger partial charge < -0.3 is 10.1 Å². The zero-order valence-electron chi connectivity index (χ0n) is 11.6. The van der Waals surface area contributed by atoms with Gasteiger partial charge in [0, 0.05) is 18.2 Å². The highest BCUT2D eigenvalue weighted by atomic mass is 16.5. The Bertz CT molecular complexity index is 364. The van der Waals surface area contributed by atoms with Crippen molar-refractivity contribution < 1.29 is 4.74 Å². The van der Waals surface area contributed by atoms with E-state index in [2.05, 4.69) is 36.3 Å². The van der Waals surface area contributed by atoms with Crippen LogP contribution < -0.4 is 10.1 Å². The molecule has 1 saturated carbocycles. The first kappa shape index (κ1) is 13.3. The van der Waals surface area contributed by atoms with Crippen LogP contribution in [0.3, 0.4) is 0 Å². The van der Waals surface area contributed by atoms with Crippen LogP contribution in [0.2, 0.25) is 0 Å². The van der Waals surface area contributed by atoms with E-state index >= 15 is 0 Å². The normalized spacial score (nSPS) is 17.1. The quantitative estimate of drug-likeness (QED) is 0.891. The van der Waals surface area contributed by atoms with Crippen LogP contribution in [0, 0.1) is 0 Å². The van der Waals surface area contributed by atoms with Crippen LogP contribution in [0.5, 0.6) is 5.88 Å². The van der Waals surface area contributed by atoms with Gasteiger partial charge in [-0.3, -0.25) is 0 Å². The summed E-state index contributed by atoms with van der Waals surface area (Å²) in [7, 11) is 0. The van der Waals surface area contributed by atoms with Crippen molar-refractivity contribution in [1.29, 1.82) is 0 Å². The second-order valence-corrected chi connectivity index (χ2v) is 5.99. The second kappa shape index (κ2) is 5.65. The predicted octanol–water partition coefficient (Wildman–Crippen LogP) is 2.69. The molecule has 1 N–H and O–H groups in total. The molecule has 1 aliphatic carbocycles. The monoisotopic (exact) mass is 249 g/mol. The molecule has 2 rings (SSSR count). The van der Waals surface area contributed by atoms with E-state index in [1.54, 1.807) is 0 Å². The van der Waals surface area contributed by atoms with E-state index in [1.165, 1.54) is 12.8 Å². The predicted molar refractivity (Wildman–Crippen MR) is 71.5 cm³/mol. The lowest BCUT2D eigenvalue weighted by Crippen LogP contribution is -2.35. The maximum Gasteiger partial charge on any atom is 0.233 e. The molecule has 4 heteroatoms. The first-order chi connectivity index (χ1) is 8.53. The Kier molecular flexibility index (Phi) is 4.17. The number of ether oxygens (including phenoxy) is 1. The van der Waals surface area contributed by atoms with Crippen LogP contribution >= 0.6 is 0 Å².